The van der Waals surface area contributed by atoms with E-state index in [0.717, 1.165) is 27.8 Å². The van der Waals surface area contributed by atoms with Crippen LogP contribution in [0.1, 0.15) is 43.4 Å². The number of aromatic nitrogens is 2. The minimum atomic E-state index is -0.553. The van der Waals surface area contributed by atoms with E-state index < -0.39 is 5.60 Å². The smallest absolute Gasteiger partial charge is 0.310 e. The van der Waals surface area contributed by atoms with Crippen molar-refractivity contribution in [3.05, 3.63) is 71.8 Å². The monoisotopic (exact) mass is 446 g/mol. The van der Waals surface area contributed by atoms with Crippen molar-refractivity contribution >= 4 is 12.0 Å². The first-order chi connectivity index (χ1) is 15.7. The zero-order valence-electron chi connectivity index (χ0n) is 18.8. The molecule has 1 aliphatic rings. The number of hydrogen-bond donors (Lipinski definition) is 2. The van der Waals surface area contributed by atoms with Crippen LogP contribution in [0.2, 0.25) is 0 Å². The number of carbonyl (C=O) groups is 1. The Balaban J connectivity index is 1.70. The predicted octanol–water partition coefficient (Wildman–Crippen LogP) is 4.18. The maximum absolute atomic E-state index is 12.4. The lowest BCUT2D eigenvalue weighted by Crippen LogP contribution is -2.25. The topological polar surface area (TPSA) is 120 Å². The molecule has 2 heterocycles. The summed E-state index contributed by atoms with van der Waals surface area (Å²) in [5.41, 5.74) is 9.27. The van der Waals surface area contributed by atoms with Gasteiger partial charge in [0.1, 0.15) is 30.0 Å². The number of fused-ring (bicyclic) bond motifs is 2. The molecule has 2 aromatic carbocycles. The Morgan fingerprint density at radius 2 is 1.73 bits per heavy atom. The molecule has 0 spiro atoms. The summed E-state index contributed by atoms with van der Waals surface area (Å²) in [5.74, 6) is 0.807. The third-order valence-corrected chi connectivity index (χ3v) is 5.12. The van der Waals surface area contributed by atoms with Gasteiger partial charge in [-0.1, -0.05) is 18.2 Å². The molecule has 0 saturated carbocycles. The summed E-state index contributed by atoms with van der Waals surface area (Å²) in [7, 11) is 0. The first-order valence-corrected chi connectivity index (χ1v) is 10.6. The highest BCUT2D eigenvalue weighted by Crippen LogP contribution is 2.46. The number of hydrogen-bond acceptors (Lipinski definition) is 7. The standard InChI is InChI=1S/C25H26N4O4/c1-25(2,3)33-23(30)9-15-4-6-21-18(8-15)20(13-31-24(26)27)19-10-16(5-7-22(19)32-21)17-11-28-14-29-12-17/h4-8,10-12,14,20H,9,13H2,1-3H3,(H3,26,27). The molecule has 0 aliphatic carbocycles. The first kappa shape index (κ1) is 22.3. The third kappa shape index (κ3) is 5.28. The number of nitrogens with two attached hydrogens (primary N) is 1. The van der Waals surface area contributed by atoms with E-state index in [9.17, 15) is 4.79 Å². The highest BCUT2D eigenvalue weighted by Gasteiger charge is 2.29. The van der Waals surface area contributed by atoms with Crippen LogP contribution in [0, 0.1) is 5.41 Å². The molecule has 170 valence electrons. The van der Waals surface area contributed by atoms with Crippen LogP contribution in [0.5, 0.6) is 11.5 Å². The lowest BCUT2D eigenvalue weighted by Gasteiger charge is -2.29. The Hall–Kier alpha value is -3.94. The van der Waals surface area contributed by atoms with Gasteiger partial charge in [0.2, 0.25) is 0 Å². The minimum absolute atomic E-state index is 0.138. The number of nitrogens with one attached hydrogen (secondary N) is 1. The molecule has 3 N–H and O–H groups in total. The van der Waals surface area contributed by atoms with Crippen molar-refractivity contribution in [3.8, 4) is 22.6 Å². The van der Waals surface area contributed by atoms with Crippen molar-refractivity contribution < 1.29 is 19.0 Å². The van der Waals surface area contributed by atoms with Crippen LogP contribution < -0.4 is 10.5 Å². The second-order valence-corrected chi connectivity index (χ2v) is 8.85. The zero-order chi connectivity index (χ0) is 23.6. The predicted molar refractivity (Wildman–Crippen MR) is 123 cm³/mol. The molecule has 4 rings (SSSR count). The molecule has 0 bridgehead atoms. The SMILES string of the molecule is CC(C)(C)OC(=O)Cc1ccc2c(c1)C(COC(=N)N)c1cc(-c3cncnc3)ccc1O2. The maximum atomic E-state index is 12.4. The number of rotatable bonds is 5. The first-order valence-electron chi connectivity index (χ1n) is 10.6. The number of esters is 1. The molecule has 1 aliphatic heterocycles. The molecule has 0 saturated heterocycles. The van der Waals surface area contributed by atoms with Crippen LogP contribution in [-0.4, -0.2) is 34.2 Å². The summed E-state index contributed by atoms with van der Waals surface area (Å²) in [4.78, 5) is 20.6. The molecule has 8 heteroatoms. The van der Waals surface area contributed by atoms with Gasteiger partial charge in [-0.15, -0.1) is 0 Å². The van der Waals surface area contributed by atoms with Crippen LogP contribution in [0.25, 0.3) is 11.1 Å². The Kier molecular flexibility index (Phi) is 6.00. The van der Waals surface area contributed by atoms with Crippen LogP contribution in [0.3, 0.4) is 0 Å². The molecular weight excluding hydrogens is 420 g/mol. The largest absolute Gasteiger partial charge is 0.465 e. The van der Waals surface area contributed by atoms with Gasteiger partial charge in [0.25, 0.3) is 6.02 Å². The van der Waals surface area contributed by atoms with Gasteiger partial charge in [-0.3, -0.25) is 10.2 Å². The highest BCUT2D eigenvalue weighted by atomic mass is 16.6. The van der Waals surface area contributed by atoms with Gasteiger partial charge in [-0.25, -0.2) is 9.97 Å². The van der Waals surface area contributed by atoms with E-state index in [0.29, 0.717) is 11.5 Å². The van der Waals surface area contributed by atoms with Crippen molar-refractivity contribution in [2.24, 2.45) is 5.73 Å². The molecule has 3 aromatic rings. The fourth-order valence-corrected chi connectivity index (χ4v) is 3.80. The molecule has 1 aromatic heterocycles. The molecule has 8 nitrogen and oxygen atoms in total. The molecule has 0 fully saturated rings. The van der Waals surface area contributed by atoms with E-state index in [1.807, 2.05) is 57.2 Å². The molecule has 0 radical (unpaired) electrons. The van der Waals surface area contributed by atoms with Crippen molar-refractivity contribution in [1.29, 1.82) is 5.41 Å². The highest BCUT2D eigenvalue weighted by molar-refractivity contribution is 5.74. The lowest BCUT2D eigenvalue weighted by molar-refractivity contribution is -0.153. The van der Waals surface area contributed by atoms with E-state index >= 15 is 0 Å². The van der Waals surface area contributed by atoms with Gasteiger partial charge >= 0.3 is 5.97 Å². The van der Waals surface area contributed by atoms with Crippen molar-refractivity contribution in [2.75, 3.05) is 6.61 Å². The van der Waals surface area contributed by atoms with Gasteiger partial charge in [0.15, 0.2) is 0 Å². The summed E-state index contributed by atoms with van der Waals surface area (Å²) >= 11 is 0. The quantitative estimate of drug-likeness (QED) is 0.343. The van der Waals surface area contributed by atoms with E-state index in [2.05, 4.69) is 9.97 Å². The zero-order valence-corrected chi connectivity index (χ0v) is 18.8. The lowest BCUT2D eigenvalue weighted by atomic mass is 9.86. The van der Waals surface area contributed by atoms with Gasteiger partial charge < -0.3 is 19.9 Å². The van der Waals surface area contributed by atoms with Crippen LogP contribution in [0.15, 0.2) is 55.1 Å². The normalized spacial score (nSPS) is 14.5. The molecular formula is C25H26N4O4. The summed E-state index contributed by atoms with van der Waals surface area (Å²) in [6, 6.07) is 11.1. The number of carbonyl (C=O) groups excluding carboxylic acids is 1. The van der Waals surface area contributed by atoms with E-state index in [1.54, 1.807) is 12.4 Å². The number of benzene rings is 2. The molecule has 1 atom stereocenters. The van der Waals surface area contributed by atoms with Crippen LogP contribution in [-0.2, 0) is 20.7 Å². The maximum Gasteiger partial charge on any atom is 0.310 e. The van der Waals surface area contributed by atoms with Crippen molar-refractivity contribution in [2.45, 2.75) is 38.7 Å². The fraction of sp³-hybridized carbons (Fsp3) is 0.280. The average Bonchev–Trinajstić information content (AvgIpc) is 2.75. The van der Waals surface area contributed by atoms with Gasteiger partial charge in [0, 0.05) is 29.1 Å². The minimum Gasteiger partial charge on any atom is -0.465 e. The molecule has 1 unspecified atom stereocenters. The summed E-state index contributed by atoms with van der Waals surface area (Å²) < 4.78 is 17.0. The number of amidine groups is 1. The van der Waals surface area contributed by atoms with E-state index in [1.165, 1.54) is 6.33 Å². The number of ether oxygens (including phenoxy) is 3. The van der Waals surface area contributed by atoms with Crippen LogP contribution >= 0.6 is 0 Å². The van der Waals surface area contributed by atoms with Crippen molar-refractivity contribution in [1.82, 2.24) is 9.97 Å². The summed E-state index contributed by atoms with van der Waals surface area (Å²) in [5, 5.41) is 7.52. The van der Waals surface area contributed by atoms with E-state index in [4.69, 9.17) is 25.4 Å². The average molecular weight is 447 g/mol. The second-order valence-electron chi connectivity index (χ2n) is 8.85. The summed E-state index contributed by atoms with van der Waals surface area (Å²) in [6.07, 6.45) is 5.11. The Labute approximate surface area is 192 Å². The number of nitrogens with zero attached hydrogens (tertiary/aromatic N) is 2. The Morgan fingerprint density at radius 3 is 2.39 bits per heavy atom. The Morgan fingerprint density at radius 1 is 1.06 bits per heavy atom. The summed E-state index contributed by atoms with van der Waals surface area (Å²) in [6.45, 7) is 5.68. The van der Waals surface area contributed by atoms with Gasteiger partial charge in [-0.05, 0) is 50.1 Å². The third-order valence-electron chi connectivity index (χ3n) is 5.12. The van der Waals surface area contributed by atoms with E-state index in [-0.39, 0.29) is 30.9 Å². The molecule has 0 amide bonds. The van der Waals surface area contributed by atoms with Crippen molar-refractivity contribution in [3.63, 3.8) is 0 Å². The van der Waals surface area contributed by atoms with Gasteiger partial charge in [-0.2, -0.15) is 0 Å². The fourth-order valence-electron chi connectivity index (χ4n) is 3.80. The Bertz CT molecular complexity index is 1190. The molecule has 33 heavy (non-hydrogen) atoms. The van der Waals surface area contributed by atoms with Crippen LogP contribution in [0.4, 0.5) is 0 Å². The second kappa shape index (κ2) is 8.90. The van der Waals surface area contributed by atoms with Gasteiger partial charge in [0.05, 0.1) is 12.3 Å².